The summed E-state index contributed by atoms with van der Waals surface area (Å²) in [7, 11) is 0. The van der Waals surface area contributed by atoms with Gasteiger partial charge in [0, 0.05) is 11.6 Å². The van der Waals surface area contributed by atoms with Gasteiger partial charge >= 0.3 is 0 Å². The molecular weight excluding hydrogens is 236 g/mol. The number of hydrogen-bond donors (Lipinski definition) is 0. The van der Waals surface area contributed by atoms with E-state index < -0.39 is 0 Å². The van der Waals surface area contributed by atoms with Crippen LogP contribution in [0, 0.1) is 12.8 Å². The number of nitrogens with zero attached hydrogens (tertiary/aromatic N) is 2. The number of halogens is 1. The molecule has 0 aliphatic heterocycles. The zero-order valence-corrected chi connectivity index (χ0v) is 10.9. The summed E-state index contributed by atoms with van der Waals surface area (Å²) in [4.78, 5) is 0. The van der Waals surface area contributed by atoms with Gasteiger partial charge in [-0.05, 0) is 25.7 Å². The van der Waals surface area contributed by atoms with Crippen LogP contribution in [0.5, 0.6) is 0 Å². The Bertz CT molecular complexity index is 265. The van der Waals surface area contributed by atoms with E-state index in [9.17, 15) is 0 Å². The molecule has 14 heavy (non-hydrogen) atoms. The third-order valence-corrected chi connectivity index (χ3v) is 4.17. The van der Waals surface area contributed by atoms with Gasteiger partial charge in [-0.1, -0.05) is 30.0 Å². The van der Waals surface area contributed by atoms with Crippen molar-refractivity contribution in [2.24, 2.45) is 5.92 Å². The second-order valence-corrected chi connectivity index (χ2v) is 6.21. The van der Waals surface area contributed by atoms with Crippen LogP contribution in [-0.2, 0) is 0 Å². The molecule has 1 rings (SSSR count). The van der Waals surface area contributed by atoms with Crippen LogP contribution in [0.3, 0.4) is 0 Å². The molecule has 0 radical (unpaired) electrons. The van der Waals surface area contributed by atoms with Crippen LogP contribution < -0.4 is 0 Å². The van der Waals surface area contributed by atoms with Crippen LogP contribution in [0.2, 0.25) is 0 Å². The molecule has 1 unspecified atom stereocenters. The molecule has 1 aromatic heterocycles. The van der Waals surface area contributed by atoms with E-state index in [0.717, 1.165) is 27.4 Å². The van der Waals surface area contributed by atoms with Gasteiger partial charge in [-0.2, -0.15) is 0 Å². The van der Waals surface area contributed by atoms with Crippen molar-refractivity contribution >= 4 is 34.7 Å². The van der Waals surface area contributed by atoms with Crippen molar-refractivity contribution in [2.45, 2.75) is 31.0 Å². The van der Waals surface area contributed by atoms with Crippen LogP contribution in [-0.4, -0.2) is 21.8 Å². The van der Waals surface area contributed by atoms with Crippen LogP contribution in [0.4, 0.5) is 0 Å². The number of hydrogen-bond acceptors (Lipinski definition) is 4. The van der Waals surface area contributed by atoms with Crippen molar-refractivity contribution < 1.29 is 0 Å². The molecule has 80 valence electrons. The van der Waals surface area contributed by atoms with Gasteiger partial charge in [0.25, 0.3) is 0 Å². The van der Waals surface area contributed by atoms with E-state index in [-0.39, 0.29) is 0 Å². The summed E-state index contributed by atoms with van der Waals surface area (Å²) in [6, 6.07) is 0. The molecule has 0 amide bonds. The summed E-state index contributed by atoms with van der Waals surface area (Å²) in [5.41, 5.74) is 0. The summed E-state index contributed by atoms with van der Waals surface area (Å²) < 4.78 is 1.08. The molecule has 1 aromatic rings. The Morgan fingerprint density at radius 2 is 2.21 bits per heavy atom. The molecule has 0 aliphatic rings. The molecule has 0 aliphatic carbocycles. The van der Waals surface area contributed by atoms with Gasteiger partial charge in [0.1, 0.15) is 5.01 Å². The minimum Gasteiger partial charge on any atom is -0.143 e. The first-order valence-corrected chi connectivity index (χ1v) is 7.05. The summed E-state index contributed by atoms with van der Waals surface area (Å²) >= 11 is 9.13. The average Bonchev–Trinajstić information content (AvgIpc) is 2.52. The van der Waals surface area contributed by atoms with Crippen molar-refractivity contribution in [3.05, 3.63) is 5.01 Å². The molecule has 0 saturated carbocycles. The Balaban J connectivity index is 2.15. The number of aromatic nitrogens is 2. The van der Waals surface area contributed by atoms with Crippen molar-refractivity contribution in [3.8, 4) is 0 Å². The van der Waals surface area contributed by atoms with E-state index in [4.69, 9.17) is 11.6 Å². The molecule has 0 bridgehead atoms. The molecular formula is C9H15ClN2S2. The predicted molar refractivity (Wildman–Crippen MR) is 64.5 cm³/mol. The minimum atomic E-state index is 0.717. The monoisotopic (exact) mass is 250 g/mol. The van der Waals surface area contributed by atoms with Crippen molar-refractivity contribution in [2.75, 3.05) is 11.6 Å². The van der Waals surface area contributed by atoms with E-state index in [0.29, 0.717) is 5.92 Å². The van der Waals surface area contributed by atoms with Gasteiger partial charge in [0.05, 0.1) is 0 Å². The highest BCUT2D eigenvalue weighted by Crippen LogP contribution is 2.24. The van der Waals surface area contributed by atoms with Crippen molar-refractivity contribution in [1.82, 2.24) is 10.2 Å². The van der Waals surface area contributed by atoms with Gasteiger partial charge in [-0.25, -0.2) is 0 Å². The summed E-state index contributed by atoms with van der Waals surface area (Å²) in [6.45, 7) is 4.23. The molecule has 0 spiro atoms. The SMILES string of the molecule is Cc1nnc(SCCC(C)CCCl)s1. The molecule has 0 aromatic carbocycles. The predicted octanol–water partition coefficient (Wildman–Crippen LogP) is 3.59. The van der Waals surface area contributed by atoms with E-state index >= 15 is 0 Å². The molecule has 0 fully saturated rings. The number of aryl methyl sites for hydroxylation is 1. The Kier molecular flexibility index (Phi) is 5.82. The maximum Gasteiger partial charge on any atom is 0.174 e. The first-order valence-electron chi connectivity index (χ1n) is 4.71. The zero-order valence-electron chi connectivity index (χ0n) is 8.49. The third kappa shape index (κ3) is 4.62. The number of alkyl halides is 1. The summed E-state index contributed by atoms with van der Waals surface area (Å²) in [5.74, 6) is 2.60. The Morgan fingerprint density at radius 3 is 2.79 bits per heavy atom. The first-order chi connectivity index (χ1) is 6.72. The van der Waals surface area contributed by atoms with E-state index in [1.54, 1.807) is 23.1 Å². The largest absolute Gasteiger partial charge is 0.174 e. The zero-order chi connectivity index (χ0) is 10.4. The fourth-order valence-electron chi connectivity index (χ4n) is 1.01. The van der Waals surface area contributed by atoms with E-state index in [1.165, 1.54) is 6.42 Å². The fraction of sp³-hybridized carbons (Fsp3) is 0.778. The smallest absolute Gasteiger partial charge is 0.143 e. The van der Waals surface area contributed by atoms with Crippen LogP contribution in [0.25, 0.3) is 0 Å². The van der Waals surface area contributed by atoms with Crippen molar-refractivity contribution in [1.29, 1.82) is 0 Å². The van der Waals surface area contributed by atoms with Gasteiger partial charge in [-0.3, -0.25) is 0 Å². The number of thioether (sulfide) groups is 1. The quantitative estimate of drug-likeness (QED) is 0.570. The van der Waals surface area contributed by atoms with E-state index in [1.807, 2.05) is 6.92 Å². The highest BCUT2D eigenvalue weighted by Gasteiger charge is 2.04. The highest BCUT2D eigenvalue weighted by molar-refractivity contribution is 8.01. The molecule has 5 heteroatoms. The van der Waals surface area contributed by atoms with Crippen LogP contribution in [0.15, 0.2) is 4.34 Å². The van der Waals surface area contributed by atoms with E-state index in [2.05, 4.69) is 17.1 Å². The average molecular weight is 251 g/mol. The van der Waals surface area contributed by atoms with Gasteiger partial charge in [0.2, 0.25) is 0 Å². The lowest BCUT2D eigenvalue weighted by molar-refractivity contribution is 0.552. The maximum absolute atomic E-state index is 5.67. The van der Waals surface area contributed by atoms with Crippen LogP contribution >= 0.6 is 34.7 Å². The third-order valence-electron chi connectivity index (χ3n) is 1.95. The number of rotatable bonds is 6. The normalized spacial score (nSPS) is 13.1. The minimum absolute atomic E-state index is 0.717. The van der Waals surface area contributed by atoms with Gasteiger partial charge in [-0.15, -0.1) is 21.8 Å². The van der Waals surface area contributed by atoms with Gasteiger partial charge in [0.15, 0.2) is 4.34 Å². The summed E-state index contributed by atoms with van der Waals surface area (Å²) in [6.07, 6.45) is 2.31. The van der Waals surface area contributed by atoms with Crippen LogP contribution in [0.1, 0.15) is 24.8 Å². The Morgan fingerprint density at radius 1 is 1.43 bits per heavy atom. The lowest BCUT2D eigenvalue weighted by atomic mass is 10.1. The molecule has 1 heterocycles. The van der Waals surface area contributed by atoms with Crippen molar-refractivity contribution in [3.63, 3.8) is 0 Å². The lowest BCUT2D eigenvalue weighted by Gasteiger charge is -2.06. The van der Waals surface area contributed by atoms with Gasteiger partial charge < -0.3 is 0 Å². The second-order valence-electron chi connectivity index (χ2n) is 3.31. The lowest BCUT2D eigenvalue weighted by Crippen LogP contribution is -1.96. The maximum atomic E-state index is 5.67. The summed E-state index contributed by atoms with van der Waals surface area (Å²) in [5, 5.41) is 9.08. The second kappa shape index (κ2) is 6.64. The molecule has 0 saturated heterocycles. The Hall–Kier alpha value is 0.200. The fourth-order valence-corrected chi connectivity index (χ4v) is 3.44. The molecule has 0 N–H and O–H groups in total. The standard InChI is InChI=1S/C9H15ClN2S2/c1-7(3-5-10)4-6-13-9-12-11-8(2)14-9/h7H,3-6H2,1-2H3. The highest BCUT2D eigenvalue weighted by atomic mass is 35.5. The molecule has 1 atom stereocenters. The molecule has 2 nitrogen and oxygen atoms in total. The Labute approximate surface area is 98.5 Å². The first kappa shape index (κ1) is 12.3. The topological polar surface area (TPSA) is 25.8 Å².